The zero-order valence-electron chi connectivity index (χ0n) is 8.70. The minimum atomic E-state index is -0.453. The molecule has 14 heavy (non-hydrogen) atoms. The quantitative estimate of drug-likeness (QED) is 0.679. The van der Waals surface area contributed by atoms with Crippen LogP contribution in [-0.4, -0.2) is 46.3 Å². The van der Waals surface area contributed by atoms with Crippen LogP contribution in [0.4, 0.5) is 0 Å². The first-order valence-electron chi connectivity index (χ1n) is 5.22. The lowest BCUT2D eigenvalue weighted by molar-refractivity contribution is -0.140. The molecule has 1 saturated heterocycles. The van der Waals surface area contributed by atoms with Gasteiger partial charge >= 0.3 is 0 Å². The van der Waals surface area contributed by atoms with E-state index in [-0.39, 0.29) is 12.5 Å². The third-order valence-corrected chi connectivity index (χ3v) is 3.04. The van der Waals surface area contributed by atoms with E-state index in [2.05, 4.69) is 0 Å². The van der Waals surface area contributed by atoms with Gasteiger partial charge < -0.3 is 15.1 Å². The number of amides is 1. The molecule has 0 bridgehead atoms. The summed E-state index contributed by atoms with van der Waals surface area (Å²) < 4.78 is 0. The first kappa shape index (κ1) is 11.5. The number of carbonyl (C=O) groups is 1. The normalized spacial score (nSPS) is 26.9. The fraction of sp³-hybridized carbons (Fsp3) is 0.900. The van der Waals surface area contributed by atoms with Gasteiger partial charge in [-0.3, -0.25) is 4.79 Å². The molecule has 0 spiro atoms. The Balaban J connectivity index is 2.77. The summed E-state index contributed by atoms with van der Waals surface area (Å²) in [4.78, 5) is 13.1. The van der Waals surface area contributed by atoms with E-state index in [0.29, 0.717) is 6.54 Å². The summed E-state index contributed by atoms with van der Waals surface area (Å²) in [5.74, 6) is -0.259. The molecule has 0 aromatic carbocycles. The molecule has 1 unspecified atom stereocenters. The van der Waals surface area contributed by atoms with Crippen LogP contribution in [0.15, 0.2) is 0 Å². The smallest absolute Gasteiger partial charge is 0.248 e. The number of rotatable bonds is 4. The van der Waals surface area contributed by atoms with Crippen LogP contribution in [0.1, 0.15) is 32.6 Å². The Morgan fingerprint density at radius 1 is 1.50 bits per heavy atom. The minimum Gasteiger partial charge on any atom is -0.394 e. The number of hydrogen-bond acceptors (Lipinski definition) is 3. The van der Waals surface area contributed by atoms with Crippen LogP contribution >= 0.6 is 0 Å². The van der Waals surface area contributed by atoms with E-state index in [1.165, 1.54) is 0 Å². The van der Waals surface area contributed by atoms with Crippen molar-refractivity contribution in [2.45, 2.75) is 38.1 Å². The van der Waals surface area contributed by atoms with Gasteiger partial charge in [-0.05, 0) is 19.3 Å². The van der Waals surface area contributed by atoms with Crippen LogP contribution in [0.5, 0.6) is 0 Å². The maximum Gasteiger partial charge on any atom is 0.248 e. The van der Waals surface area contributed by atoms with Crippen molar-refractivity contribution < 1.29 is 15.0 Å². The second kappa shape index (κ2) is 4.75. The standard InChI is InChI=1S/C10H19NO3/c1-2-4-10(8-13)5-3-6-11(10)9(14)7-12/h12-13H,2-8H2,1H3. The minimum absolute atomic E-state index is 0.00653. The maximum absolute atomic E-state index is 11.4. The van der Waals surface area contributed by atoms with E-state index in [4.69, 9.17) is 5.11 Å². The molecular weight excluding hydrogens is 182 g/mol. The van der Waals surface area contributed by atoms with Crippen LogP contribution in [0.3, 0.4) is 0 Å². The van der Waals surface area contributed by atoms with Crippen molar-refractivity contribution >= 4 is 5.91 Å². The van der Waals surface area contributed by atoms with Gasteiger partial charge in [-0.1, -0.05) is 13.3 Å². The summed E-state index contributed by atoms with van der Waals surface area (Å²) in [6, 6.07) is 0. The predicted molar refractivity (Wildman–Crippen MR) is 52.8 cm³/mol. The van der Waals surface area contributed by atoms with Gasteiger partial charge in [0, 0.05) is 6.54 Å². The molecule has 1 aliphatic heterocycles. The zero-order valence-corrected chi connectivity index (χ0v) is 8.70. The van der Waals surface area contributed by atoms with Gasteiger partial charge in [0.1, 0.15) is 6.61 Å². The Morgan fingerprint density at radius 3 is 2.71 bits per heavy atom. The summed E-state index contributed by atoms with van der Waals surface area (Å²) in [6.45, 7) is 2.26. The molecule has 1 rings (SSSR count). The lowest BCUT2D eigenvalue weighted by atomic mass is 9.91. The second-order valence-corrected chi connectivity index (χ2v) is 3.94. The summed E-state index contributed by atoms with van der Waals surface area (Å²) in [5, 5.41) is 18.2. The molecule has 0 aliphatic carbocycles. The molecule has 4 nitrogen and oxygen atoms in total. The number of aliphatic hydroxyl groups excluding tert-OH is 2. The van der Waals surface area contributed by atoms with Gasteiger partial charge in [0.2, 0.25) is 5.91 Å². The van der Waals surface area contributed by atoms with Crippen molar-refractivity contribution in [3.63, 3.8) is 0 Å². The Hall–Kier alpha value is -0.610. The van der Waals surface area contributed by atoms with Crippen molar-refractivity contribution in [2.24, 2.45) is 0 Å². The van der Waals surface area contributed by atoms with Crippen LogP contribution in [0, 0.1) is 0 Å². The van der Waals surface area contributed by atoms with Gasteiger partial charge in [0.25, 0.3) is 0 Å². The van der Waals surface area contributed by atoms with Gasteiger partial charge in [-0.2, -0.15) is 0 Å². The highest BCUT2D eigenvalue weighted by Crippen LogP contribution is 2.33. The van der Waals surface area contributed by atoms with Gasteiger partial charge in [-0.15, -0.1) is 0 Å². The fourth-order valence-electron chi connectivity index (χ4n) is 2.38. The Labute approximate surface area is 84.5 Å². The molecule has 1 aliphatic rings. The van der Waals surface area contributed by atoms with E-state index < -0.39 is 12.1 Å². The Morgan fingerprint density at radius 2 is 2.21 bits per heavy atom. The highest BCUT2D eigenvalue weighted by molar-refractivity contribution is 5.78. The largest absolute Gasteiger partial charge is 0.394 e. The third kappa shape index (κ3) is 1.91. The fourth-order valence-corrected chi connectivity index (χ4v) is 2.38. The van der Waals surface area contributed by atoms with Crippen LogP contribution in [0.25, 0.3) is 0 Å². The van der Waals surface area contributed by atoms with Crippen LogP contribution in [-0.2, 0) is 4.79 Å². The molecule has 4 heteroatoms. The monoisotopic (exact) mass is 201 g/mol. The molecule has 0 aromatic rings. The van der Waals surface area contributed by atoms with Crippen molar-refractivity contribution in [2.75, 3.05) is 19.8 Å². The average molecular weight is 201 g/mol. The second-order valence-electron chi connectivity index (χ2n) is 3.94. The molecule has 0 saturated carbocycles. The molecule has 1 amide bonds. The molecule has 0 radical (unpaired) electrons. The molecule has 0 aromatic heterocycles. The Kier molecular flexibility index (Phi) is 3.89. The third-order valence-electron chi connectivity index (χ3n) is 3.04. The van der Waals surface area contributed by atoms with Crippen molar-refractivity contribution in [3.8, 4) is 0 Å². The first-order valence-corrected chi connectivity index (χ1v) is 5.22. The van der Waals surface area contributed by atoms with Gasteiger partial charge in [-0.25, -0.2) is 0 Å². The average Bonchev–Trinajstić information content (AvgIpc) is 2.62. The molecule has 1 fully saturated rings. The summed E-state index contributed by atoms with van der Waals surface area (Å²) in [7, 11) is 0. The SMILES string of the molecule is CCCC1(CO)CCCN1C(=O)CO. The lowest BCUT2D eigenvalue weighted by Gasteiger charge is -2.36. The number of carbonyl (C=O) groups excluding carboxylic acids is 1. The predicted octanol–water partition coefficient (Wildman–Crippen LogP) is 0.132. The van der Waals surface area contributed by atoms with Gasteiger partial charge in [0.15, 0.2) is 0 Å². The van der Waals surface area contributed by atoms with Crippen molar-refractivity contribution in [1.82, 2.24) is 4.90 Å². The summed E-state index contributed by atoms with van der Waals surface area (Å²) >= 11 is 0. The van der Waals surface area contributed by atoms with Gasteiger partial charge in [0.05, 0.1) is 12.1 Å². The molecule has 82 valence electrons. The van der Waals surface area contributed by atoms with E-state index >= 15 is 0 Å². The molecular formula is C10H19NO3. The van der Waals surface area contributed by atoms with Crippen LogP contribution in [0.2, 0.25) is 0 Å². The van der Waals surface area contributed by atoms with E-state index in [9.17, 15) is 9.90 Å². The molecule has 1 atom stereocenters. The molecule has 1 heterocycles. The zero-order chi connectivity index (χ0) is 10.6. The topological polar surface area (TPSA) is 60.8 Å². The van der Waals surface area contributed by atoms with E-state index in [1.807, 2.05) is 6.92 Å². The lowest BCUT2D eigenvalue weighted by Crippen LogP contribution is -2.50. The summed E-state index contributed by atoms with van der Waals surface area (Å²) in [5.41, 5.74) is -0.394. The maximum atomic E-state index is 11.4. The first-order chi connectivity index (χ1) is 6.70. The highest BCUT2D eigenvalue weighted by Gasteiger charge is 2.41. The van der Waals surface area contributed by atoms with E-state index in [0.717, 1.165) is 25.7 Å². The van der Waals surface area contributed by atoms with Crippen LogP contribution < -0.4 is 0 Å². The number of nitrogens with zero attached hydrogens (tertiary/aromatic N) is 1. The van der Waals surface area contributed by atoms with E-state index in [1.54, 1.807) is 4.90 Å². The van der Waals surface area contributed by atoms with Crippen molar-refractivity contribution in [3.05, 3.63) is 0 Å². The number of likely N-dealkylation sites (tertiary alicyclic amines) is 1. The number of aliphatic hydroxyl groups is 2. The molecule has 2 N–H and O–H groups in total. The summed E-state index contributed by atoms with van der Waals surface area (Å²) in [6.07, 6.45) is 3.53. The van der Waals surface area contributed by atoms with Crippen molar-refractivity contribution in [1.29, 1.82) is 0 Å². The number of hydrogen-bond donors (Lipinski definition) is 2. The highest BCUT2D eigenvalue weighted by atomic mass is 16.3. The Bertz CT molecular complexity index is 208.